The maximum absolute atomic E-state index is 13.2. The summed E-state index contributed by atoms with van der Waals surface area (Å²) in [5.74, 6) is -1.95. The van der Waals surface area contributed by atoms with Gasteiger partial charge in [-0.25, -0.2) is 9.89 Å². The fraction of sp³-hybridized carbons (Fsp3) is 0.545. The van der Waals surface area contributed by atoms with E-state index in [4.69, 9.17) is 0 Å². The van der Waals surface area contributed by atoms with Gasteiger partial charge in [0.15, 0.2) is 0 Å². The molecular formula is C22H27F3N5O4+. The molecule has 4 rings (SSSR count). The molecule has 2 fully saturated rings. The fourth-order valence-electron chi connectivity index (χ4n) is 4.24. The summed E-state index contributed by atoms with van der Waals surface area (Å²) in [6.07, 6.45) is 0.961. The molecule has 1 aliphatic carbocycles. The van der Waals surface area contributed by atoms with E-state index < -0.39 is 41.0 Å². The molecule has 1 atom stereocenters. The molecule has 0 aromatic carbocycles. The van der Waals surface area contributed by atoms with Crippen LogP contribution in [-0.4, -0.2) is 56.2 Å². The van der Waals surface area contributed by atoms with Crippen molar-refractivity contribution in [1.82, 2.24) is 19.8 Å². The first-order chi connectivity index (χ1) is 16.0. The second-order valence-corrected chi connectivity index (χ2v) is 9.21. The van der Waals surface area contributed by atoms with E-state index in [2.05, 4.69) is 10.4 Å². The summed E-state index contributed by atoms with van der Waals surface area (Å²) >= 11 is 0. The number of aromatic nitrogens is 3. The number of carbonyl (C=O) groups is 2. The predicted molar refractivity (Wildman–Crippen MR) is 115 cm³/mol. The molecule has 3 N–H and O–H groups in total. The Hall–Kier alpha value is -3.31. The van der Waals surface area contributed by atoms with Gasteiger partial charge in [-0.1, -0.05) is 18.4 Å². The molecule has 3 heterocycles. The third-order valence-electron chi connectivity index (χ3n) is 5.98. The average Bonchev–Trinajstić information content (AvgIpc) is 3.25. The minimum atomic E-state index is -4.50. The number of amides is 2. The molecular weight excluding hydrogens is 455 g/mol. The Labute approximate surface area is 192 Å². The zero-order valence-electron chi connectivity index (χ0n) is 18.9. The molecule has 0 spiro atoms. The maximum atomic E-state index is 13.2. The second-order valence-electron chi connectivity index (χ2n) is 9.21. The molecule has 12 heteroatoms. The summed E-state index contributed by atoms with van der Waals surface area (Å²) in [7, 11) is 0. The van der Waals surface area contributed by atoms with E-state index in [1.54, 1.807) is 0 Å². The van der Waals surface area contributed by atoms with Gasteiger partial charge >= 0.3 is 23.3 Å². The van der Waals surface area contributed by atoms with Gasteiger partial charge in [-0.3, -0.25) is 9.59 Å². The van der Waals surface area contributed by atoms with Crippen molar-refractivity contribution < 1.29 is 32.4 Å². The van der Waals surface area contributed by atoms with Crippen LogP contribution < -0.4 is 15.4 Å². The van der Waals surface area contributed by atoms with Crippen LogP contribution in [0.5, 0.6) is 5.88 Å². The van der Waals surface area contributed by atoms with E-state index in [9.17, 15) is 32.7 Å². The molecule has 0 unspecified atom stereocenters. The van der Waals surface area contributed by atoms with Gasteiger partial charge in [0.05, 0.1) is 18.3 Å². The molecule has 184 valence electrons. The summed E-state index contributed by atoms with van der Waals surface area (Å²) in [6, 6.07) is -1.84. The SMILES string of the molecule is CC(C)C[n+]1c(O)c(C(=O)NC2CC2)c(=O)n2[nH]cc(/C=C/C(=O)N3CCC[C@@H]3C(F)(F)F)c21. The van der Waals surface area contributed by atoms with Crippen molar-refractivity contribution in [2.75, 3.05) is 6.54 Å². The van der Waals surface area contributed by atoms with Crippen molar-refractivity contribution in [2.45, 2.75) is 64.3 Å². The number of halogens is 3. The Bertz CT molecular complexity index is 1210. The molecule has 0 bridgehead atoms. The van der Waals surface area contributed by atoms with Crippen molar-refractivity contribution in [2.24, 2.45) is 5.92 Å². The number of rotatable bonds is 6. The smallest absolute Gasteiger partial charge is 0.408 e. The highest BCUT2D eigenvalue weighted by Gasteiger charge is 2.47. The predicted octanol–water partition coefficient (Wildman–Crippen LogP) is 1.74. The van der Waals surface area contributed by atoms with E-state index in [0.29, 0.717) is 5.56 Å². The fourth-order valence-corrected chi connectivity index (χ4v) is 4.24. The number of nitrogens with one attached hydrogen (secondary N) is 2. The summed E-state index contributed by atoms with van der Waals surface area (Å²) in [6.45, 7) is 4.02. The van der Waals surface area contributed by atoms with Crippen LogP contribution >= 0.6 is 0 Å². The Balaban J connectivity index is 1.73. The van der Waals surface area contributed by atoms with Crippen LogP contribution in [-0.2, 0) is 11.3 Å². The molecule has 0 radical (unpaired) electrons. The second kappa shape index (κ2) is 8.80. The number of aromatic hydroxyl groups is 1. The first-order valence-electron chi connectivity index (χ1n) is 11.2. The van der Waals surface area contributed by atoms with Crippen molar-refractivity contribution >= 4 is 23.5 Å². The molecule has 2 aliphatic rings. The molecule has 34 heavy (non-hydrogen) atoms. The van der Waals surface area contributed by atoms with E-state index in [-0.39, 0.29) is 43.5 Å². The Kier molecular flexibility index (Phi) is 6.17. The standard InChI is InChI=1S/C22H26F3N5O4/c1-12(2)11-29-19-13(5-8-16(31)28-9-3-4-15(28)22(23,24)25)10-26-30(19)21(34)17(20(29)33)18(32)27-14-6-7-14/h5,8,10,12,14-15H,3-4,6-7,9,11H2,1-2H3,(H2,27,32,33,34)/p+1/b8-5+/t15-/m1/s1. The first kappa shape index (κ1) is 23.8. The van der Waals surface area contributed by atoms with Crippen molar-refractivity contribution in [3.05, 3.63) is 33.8 Å². The number of alkyl halides is 3. The van der Waals surface area contributed by atoms with Gasteiger partial charge in [-0.2, -0.15) is 17.7 Å². The van der Waals surface area contributed by atoms with Gasteiger partial charge in [0.2, 0.25) is 11.5 Å². The summed E-state index contributed by atoms with van der Waals surface area (Å²) in [5.41, 5.74) is -0.674. The average molecular weight is 482 g/mol. The van der Waals surface area contributed by atoms with Gasteiger partial charge in [0.25, 0.3) is 5.91 Å². The zero-order chi connectivity index (χ0) is 24.8. The number of carbonyl (C=O) groups excluding carboxylic acids is 2. The highest BCUT2D eigenvalue weighted by atomic mass is 19.4. The van der Waals surface area contributed by atoms with Crippen molar-refractivity contribution in [3.8, 4) is 5.88 Å². The lowest BCUT2D eigenvalue weighted by molar-refractivity contribution is -0.686. The summed E-state index contributed by atoms with van der Waals surface area (Å²) in [4.78, 5) is 39.0. The van der Waals surface area contributed by atoms with Gasteiger partial charge in [0.1, 0.15) is 6.04 Å². The number of likely N-dealkylation sites (tertiary alicyclic amines) is 1. The lowest BCUT2D eigenvalue weighted by Crippen LogP contribution is -2.46. The van der Waals surface area contributed by atoms with Crippen LogP contribution in [0.2, 0.25) is 0 Å². The quantitative estimate of drug-likeness (QED) is 0.430. The number of aromatic amines is 1. The minimum Gasteiger partial charge on any atom is -0.477 e. The lowest BCUT2D eigenvalue weighted by Gasteiger charge is -2.25. The zero-order valence-corrected chi connectivity index (χ0v) is 18.9. The molecule has 2 aromatic heterocycles. The molecule has 1 aliphatic heterocycles. The summed E-state index contributed by atoms with van der Waals surface area (Å²) in [5, 5.41) is 16.3. The van der Waals surface area contributed by atoms with E-state index in [1.165, 1.54) is 16.8 Å². The molecule has 1 saturated heterocycles. The van der Waals surface area contributed by atoms with Gasteiger partial charge < -0.3 is 15.3 Å². The van der Waals surface area contributed by atoms with E-state index >= 15 is 0 Å². The number of fused-ring (bicyclic) bond motifs is 1. The highest BCUT2D eigenvalue weighted by Crippen LogP contribution is 2.32. The number of nitrogens with zero attached hydrogens (tertiary/aromatic N) is 3. The van der Waals surface area contributed by atoms with Crippen LogP contribution in [0.15, 0.2) is 17.1 Å². The molecule has 9 nitrogen and oxygen atoms in total. The largest absolute Gasteiger partial charge is 0.477 e. The number of hydrogen-bond donors (Lipinski definition) is 3. The van der Waals surface area contributed by atoms with Gasteiger partial charge in [0, 0.05) is 18.7 Å². The Morgan fingerprint density at radius 3 is 2.65 bits per heavy atom. The van der Waals surface area contributed by atoms with Gasteiger partial charge in [-0.05, 0) is 37.7 Å². The lowest BCUT2D eigenvalue weighted by atomic mass is 10.2. The van der Waals surface area contributed by atoms with Crippen molar-refractivity contribution in [1.29, 1.82) is 0 Å². The Morgan fingerprint density at radius 1 is 1.32 bits per heavy atom. The molecule has 2 aromatic rings. The minimum absolute atomic E-state index is 0.00823. The third kappa shape index (κ3) is 4.53. The third-order valence-corrected chi connectivity index (χ3v) is 5.98. The Morgan fingerprint density at radius 2 is 2.03 bits per heavy atom. The number of hydrogen-bond acceptors (Lipinski definition) is 4. The van der Waals surface area contributed by atoms with Crippen molar-refractivity contribution in [3.63, 3.8) is 0 Å². The van der Waals surface area contributed by atoms with Crippen LogP contribution in [0.1, 0.15) is 55.5 Å². The maximum Gasteiger partial charge on any atom is 0.408 e. The van der Waals surface area contributed by atoms with Crippen LogP contribution in [0.4, 0.5) is 13.2 Å². The summed E-state index contributed by atoms with van der Waals surface area (Å²) < 4.78 is 42.1. The van der Waals surface area contributed by atoms with E-state index in [1.807, 2.05) is 13.8 Å². The van der Waals surface area contributed by atoms with Crippen LogP contribution in [0.25, 0.3) is 11.7 Å². The van der Waals surface area contributed by atoms with Crippen LogP contribution in [0.3, 0.4) is 0 Å². The topological polar surface area (TPSA) is 111 Å². The number of H-pyrrole nitrogens is 1. The highest BCUT2D eigenvalue weighted by molar-refractivity contribution is 5.96. The normalized spacial score (nSPS) is 19.0. The first-order valence-corrected chi connectivity index (χ1v) is 11.2. The molecule has 1 saturated carbocycles. The molecule has 2 amide bonds. The van der Waals surface area contributed by atoms with E-state index in [0.717, 1.165) is 28.3 Å². The van der Waals surface area contributed by atoms with Gasteiger partial charge in [-0.15, -0.1) is 0 Å². The van der Waals surface area contributed by atoms with Crippen LogP contribution in [0, 0.1) is 5.92 Å². The monoisotopic (exact) mass is 482 g/mol.